The van der Waals surface area contributed by atoms with Crippen LogP contribution >= 0.6 is 15.9 Å². The molecule has 0 aliphatic heterocycles. The number of nitrogens with zero attached hydrogens (tertiary/aromatic N) is 3. The van der Waals surface area contributed by atoms with Crippen LogP contribution in [-0.4, -0.2) is 20.2 Å². The van der Waals surface area contributed by atoms with Crippen molar-refractivity contribution in [3.05, 3.63) is 56.0 Å². The summed E-state index contributed by atoms with van der Waals surface area (Å²) in [5.74, 6) is 0.579. The van der Waals surface area contributed by atoms with E-state index in [0.717, 1.165) is 30.2 Å². The van der Waals surface area contributed by atoms with Crippen LogP contribution in [0.25, 0.3) is 0 Å². The second-order valence-corrected chi connectivity index (χ2v) is 6.65. The molecule has 0 radical (unpaired) electrons. The number of hydrogen-bond donors (Lipinski definition) is 0. The van der Waals surface area contributed by atoms with E-state index < -0.39 is 0 Å². The molecule has 2 aromatic rings. The number of ether oxygens (including phenoxy) is 1. The Bertz CT molecular complexity index is 807. The number of rotatable bonds is 3. The Balaban J connectivity index is 1.66. The van der Waals surface area contributed by atoms with Gasteiger partial charge in [0, 0.05) is 37.7 Å². The van der Waals surface area contributed by atoms with Crippen molar-refractivity contribution < 1.29 is 4.74 Å². The molecule has 0 amide bonds. The van der Waals surface area contributed by atoms with Gasteiger partial charge in [0.15, 0.2) is 0 Å². The average molecular weight is 380 g/mol. The molecular formula is C16H18BrN3O3. The van der Waals surface area contributed by atoms with Gasteiger partial charge in [-0.3, -0.25) is 9.36 Å². The van der Waals surface area contributed by atoms with E-state index in [1.165, 1.54) is 16.8 Å². The van der Waals surface area contributed by atoms with E-state index >= 15 is 0 Å². The van der Waals surface area contributed by atoms with Gasteiger partial charge in [-0.15, -0.1) is 0 Å². The molecule has 122 valence electrons. The van der Waals surface area contributed by atoms with Gasteiger partial charge in [0.25, 0.3) is 5.56 Å². The lowest BCUT2D eigenvalue weighted by atomic mass is 9.92. The lowest BCUT2D eigenvalue weighted by Gasteiger charge is -2.30. The Hall–Kier alpha value is -1.89. The van der Waals surface area contributed by atoms with E-state index in [2.05, 4.69) is 20.9 Å². The predicted octanol–water partition coefficient (Wildman–Crippen LogP) is 2.27. The molecular weight excluding hydrogens is 362 g/mol. The Labute approximate surface area is 141 Å². The highest BCUT2D eigenvalue weighted by Crippen LogP contribution is 2.31. The minimum Gasteiger partial charge on any atom is -0.489 e. The maximum atomic E-state index is 11.8. The lowest BCUT2D eigenvalue weighted by Crippen LogP contribution is -2.32. The van der Waals surface area contributed by atoms with Crippen molar-refractivity contribution in [2.45, 2.75) is 37.8 Å². The van der Waals surface area contributed by atoms with Gasteiger partial charge in [-0.2, -0.15) is 0 Å². The predicted molar refractivity (Wildman–Crippen MR) is 89.8 cm³/mol. The summed E-state index contributed by atoms with van der Waals surface area (Å²) in [7, 11) is 1.70. The summed E-state index contributed by atoms with van der Waals surface area (Å²) < 4.78 is 9.94. The molecule has 0 saturated heterocycles. The minimum absolute atomic E-state index is 0.0574. The molecule has 1 saturated carbocycles. The van der Waals surface area contributed by atoms with E-state index in [9.17, 15) is 9.59 Å². The minimum atomic E-state index is -0.203. The summed E-state index contributed by atoms with van der Waals surface area (Å²) in [6.07, 6.45) is 8.47. The summed E-state index contributed by atoms with van der Waals surface area (Å²) in [5.41, 5.74) is -0.301. The van der Waals surface area contributed by atoms with Gasteiger partial charge in [0.1, 0.15) is 5.75 Å². The van der Waals surface area contributed by atoms with E-state index in [-0.39, 0.29) is 23.4 Å². The van der Waals surface area contributed by atoms with Gasteiger partial charge in [0.2, 0.25) is 0 Å². The fourth-order valence-electron chi connectivity index (χ4n) is 2.94. The number of halogens is 1. The maximum Gasteiger partial charge on any atom is 0.347 e. The smallest absolute Gasteiger partial charge is 0.347 e. The van der Waals surface area contributed by atoms with Crippen LogP contribution in [0.2, 0.25) is 0 Å². The van der Waals surface area contributed by atoms with Crippen molar-refractivity contribution in [1.82, 2.24) is 14.1 Å². The molecule has 0 unspecified atom stereocenters. The summed E-state index contributed by atoms with van der Waals surface area (Å²) in [4.78, 5) is 27.3. The van der Waals surface area contributed by atoms with Gasteiger partial charge in [-0.1, -0.05) is 0 Å². The van der Waals surface area contributed by atoms with E-state index in [4.69, 9.17) is 4.74 Å². The molecule has 2 heterocycles. The molecule has 7 heteroatoms. The van der Waals surface area contributed by atoms with Crippen molar-refractivity contribution in [1.29, 1.82) is 0 Å². The molecule has 0 bridgehead atoms. The zero-order chi connectivity index (χ0) is 16.4. The monoisotopic (exact) mass is 379 g/mol. The fraction of sp³-hybridized carbons (Fsp3) is 0.438. The summed E-state index contributed by atoms with van der Waals surface area (Å²) in [6, 6.07) is 3.45. The summed E-state index contributed by atoms with van der Waals surface area (Å²) in [5, 5.41) is 0. The second-order valence-electron chi connectivity index (χ2n) is 5.79. The van der Waals surface area contributed by atoms with Crippen LogP contribution in [0.4, 0.5) is 0 Å². The summed E-state index contributed by atoms with van der Waals surface area (Å²) >= 11 is 3.43. The normalized spacial score (nSPS) is 21.1. The van der Waals surface area contributed by atoms with Crippen LogP contribution in [0.15, 0.2) is 44.8 Å². The molecule has 1 aliphatic carbocycles. The lowest BCUT2D eigenvalue weighted by molar-refractivity contribution is 0.130. The number of pyridine rings is 1. The van der Waals surface area contributed by atoms with Crippen molar-refractivity contribution in [2.75, 3.05) is 0 Å². The van der Waals surface area contributed by atoms with Gasteiger partial charge >= 0.3 is 5.69 Å². The molecule has 0 aromatic carbocycles. The van der Waals surface area contributed by atoms with E-state index in [1.54, 1.807) is 30.1 Å². The topological polar surface area (TPSA) is 66.1 Å². The largest absolute Gasteiger partial charge is 0.489 e. The number of aryl methyl sites for hydroxylation is 1. The molecule has 0 N–H and O–H groups in total. The van der Waals surface area contributed by atoms with E-state index in [0.29, 0.717) is 5.75 Å². The van der Waals surface area contributed by atoms with Crippen LogP contribution in [0.1, 0.15) is 31.7 Å². The molecule has 0 atom stereocenters. The third-order valence-corrected chi connectivity index (χ3v) is 4.81. The molecule has 3 rings (SSSR count). The van der Waals surface area contributed by atoms with Gasteiger partial charge in [-0.25, -0.2) is 9.78 Å². The first kappa shape index (κ1) is 16.0. The van der Waals surface area contributed by atoms with Crippen molar-refractivity contribution in [3.63, 3.8) is 0 Å². The quantitative estimate of drug-likeness (QED) is 0.820. The fourth-order valence-corrected chi connectivity index (χ4v) is 3.45. The van der Waals surface area contributed by atoms with Crippen molar-refractivity contribution in [3.8, 4) is 5.75 Å². The van der Waals surface area contributed by atoms with Crippen LogP contribution in [0.3, 0.4) is 0 Å². The second kappa shape index (κ2) is 6.70. The first-order valence-electron chi connectivity index (χ1n) is 7.60. The van der Waals surface area contributed by atoms with Crippen molar-refractivity contribution >= 4 is 15.9 Å². The first-order chi connectivity index (χ1) is 11.0. The molecule has 2 aromatic heterocycles. The molecule has 0 spiro atoms. The van der Waals surface area contributed by atoms with Crippen LogP contribution in [-0.2, 0) is 7.05 Å². The Morgan fingerprint density at radius 3 is 2.70 bits per heavy atom. The van der Waals surface area contributed by atoms with Crippen LogP contribution in [0.5, 0.6) is 5.75 Å². The molecule has 6 nitrogen and oxygen atoms in total. The Morgan fingerprint density at radius 1 is 1.26 bits per heavy atom. The maximum absolute atomic E-state index is 11.8. The molecule has 1 fully saturated rings. The number of hydrogen-bond acceptors (Lipinski definition) is 4. The molecule has 23 heavy (non-hydrogen) atoms. The van der Waals surface area contributed by atoms with E-state index in [1.807, 2.05) is 0 Å². The first-order valence-corrected chi connectivity index (χ1v) is 8.40. The summed E-state index contributed by atoms with van der Waals surface area (Å²) in [6.45, 7) is 0. The van der Waals surface area contributed by atoms with Gasteiger partial charge in [0.05, 0.1) is 10.6 Å². The molecule has 1 aliphatic rings. The third-order valence-electron chi connectivity index (χ3n) is 4.21. The Kier molecular flexibility index (Phi) is 4.66. The van der Waals surface area contributed by atoms with Crippen LogP contribution < -0.4 is 16.0 Å². The highest BCUT2D eigenvalue weighted by molar-refractivity contribution is 9.10. The van der Waals surface area contributed by atoms with Gasteiger partial charge in [-0.05, 0) is 47.7 Å². The van der Waals surface area contributed by atoms with Crippen LogP contribution in [0, 0.1) is 0 Å². The standard InChI is InChI=1S/C16H18BrN3O3/c1-19-10-13(17)14(9-15(19)21)23-12-5-3-11(4-6-12)20-8-2-7-18-16(20)22/h2,7-12H,3-6H2,1H3. The Morgan fingerprint density at radius 2 is 2.00 bits per heavy atom. The van der Waals surface area contributed by atoms with Crippen molar-refractivity contribution in [2.24, 2.45) is 7.05 Å². The zero-order valence-corrected chi connectivity index (χ0v) is 14.4. The SMILES string of the molecule is Cn1cc(Br)c(OC2CCC(n3cccnc3=O)CC2)cc1=O. The number of aromatic nitrogens is 3. The van der Waals surface area contributed by atoms with Gasteiger partial charge < -0.3 is 9.30 Å². The highest BCUT2D eigenvalue weighted by Gasteiger charge is 2.24. The zero-order valence-electron chi connectivity index (χ0n) is 12.8. The average Bonchev–Trinajstić information content (AvgIpc) is 2.54. The highest BCUT2D eigenvalue weighted by atomic mass is 79.9. The third kappa shape index (κ3) is 3.55.